The molecule has 21 heavy (non-hydrogen) atoms. The number of ketones is 1. The minimum Gasteiger partial charge on any atom is -0.393 e. The summed E-state index contributed by atoms with van der Waals surface area (Å²) in [7, 11) is 0. The highest BCUT2D eigenvalue weighted by Gasteiger charge is 2.60. The molecule has 2 nitrogen and oxygen atoms in total. The van der Waals surface area contributed by atoms with Crippen molar-refractivity contribution in [1.82, 2.24) is 0 Å². The van der Waals surface area contributed by atoms with Crippen LogP contribution in [0.1, 0.15) is 58.3 Å². The molecule has 0 amide bonds. The van der Waals surface area contributed by atoms with Crippen molar-refractivity contribution in [2.45, 2.75) is 69.1 Å². The van der Waals surface area contributed by atoms with Crippen LogP contribution in [0.2, 0.25) is 0 Å². The van der Waals surface area contributed by atoms with Gasteiger partial charge in [-0.2, -0.15) is 12.6 Å². The van der Waals surface area contributed by atoms with Crippen LogP contribution in [0.25, 0.3) is 0 Å². The average molecular weight is 306 g/mol. The fraction of sp³-hybridized carbons (Fsp3) is 0.833. The Morgan fingerprint density at radius 3 is 2.81 bits per heavy atom. The first-order valence-electron chi connectivity index (χ1n) is 8.61. The van der Waals surface area contributed by atoms with Gasteiger partial charge in [0.15, 0.2) is 5.78 Å². The van der Waals surface area contributed by atoms with E-state index in [1.165, 1.54) is 12.0 Å². The molecule has 3 heteroatoms. The molecule has 0 aromatic carbocycles. The Hall–Kier alpha value is -0.280. The van der Waals surface area contributed by atoms with E-state index in [0.29, 0.717) is 30.0 Å². The molecule has 0 aromatic rings. The van der Waals surface area contributed by atoms with Gasteiger partial charge in [0.1, 0.15) is 0 Å². The van der Waals surface area contributed by atoms with E-state index in [1.807, 2.05) is 0 Å². The second-order valence-electron chi connectivity index (χ2n) is 8.01. The largest absolute Gasteiger partial charge is 0.393 e. The first kappa shape index (κ1) is 14.3. The number of aliphatic hydroxyl groups is 1. The third kappa shape index (κ3) is 1.74. The molecule has 116 valence electrons. The number of hydrogen-bond acceptors (Lipinski definition) is 3. The number of fused-ring (bicyclic) bond motifs is 5. The van der Waals surface area contributed by atoms with Crippen LogP contribution in [-0.2, 0) is 4.79 Å². The van der Waals surface area contributed by atoms with E-state index in [2.05, 4.69) is 13.0 Å². The van der Waals surface area contributed by atoms with E-state index >= 15 is 0 Å². The van der Waals surface area contributed by atoms with Crippen LogP contribution >= 0.6 is 12.6 Å². The normalized spacial score (nSPS) is 52.7. The fourth-order valence-electron chi connectivity index (χ4n) is 6.14. The Balaban J connectivity index is 1.72. The topological polar surface area (TPSA) is 37.3 Å². The lowest BCUT2D eigenvalue weighted by Crippen LogP contribution is -2.56. The molecule has 0 unspecified atom stereocenters. The van der Waals surface area contributed by atoms with E-state index < -0.39 is 4.75 Å². The number of rotatable bonds is 0. The maximum atomic E-state index is 12.7. The molecule has 6 atom stereocenters. The SMILES string of the molecule is C[C@]12CC[C@H]3[C@@H](CCC4=CCCC(=O)[C@@]43S)[C@@H]1CC[C@@H]2O. The molecular weight excluding hydrogens is 280 g/mol. The maximum Gasteiger partial charge on any atom is 0.153 e. The minimum atomic E-state index is -0.476. The molecular formula is C18H26O2S. The zero-order chi connectivity index (χ0) is 14.8. The molecule has 4 aliphatic rings. The number of hydrogen-bond donors (Lipinski definition) is 2. The van der Waals surface area contributed by atoms with Crippen LogP contribution in [0.5, 0.6) is 0 Å². The van der Waals surface area contributed by atoms with Gasteiger partial charge in [0.05, 0.1) is 10.9 Å². The third-order valence-electron chi connectivity index (χ3n) is 7.35. The van der Waals surface area contributed by atoms with E-state index in [1.54, 1.807) is 0 Å². The average Bonchev–Trinajstić information content (AvgIpc) is 2.76. The van der Waals surface area contributed by atoms with Crippen molar-refractivity contribution in [2.24, 2.45) is 23.2 Å². The van der Waals surface area contributed by atoms with Gasteiger partial charge in [-0.05, 0) is 68.1 Å². The van der Waals surface area contributed by atoms with Crippen molar-refractivity contribution >= 4 is 18.4 Å². The minimum absolute atomic E-state index is 0.0875. The number of allylic oxidation sites excluding steroid dienone is 1. The van der Waals surface area contributed by atoms with Crippen LogP contribution in [-0.4, -0.2) is 21.7 Å². The van der Waals surface area contributed by atoms with Gasteiger partial charge >= 0.3 is 0 Å². The monoisotopic (exact) mass is 306 g/mol. The van der Waals surface area contributed by atoms with E-state index in [9.17, 15) is 9.90 Å². The van der Waals surface area contributed by atoms with Gasteiger partial charge in [0.25, 0.3) is 0 Å². The standard InChI is InChI=1S/C18H26O2S/c1-17-10-9-14-12(13(17)7-8-15(17)19)6-5-11-3-2-4-16(20)18(11,14)21/h3,12-15,19,21H,2,4-10H2,1H3/t12-,13-,14-,15-,17-,18+/m0/s1. The maximum absolute atomic E-state index is 12.7. The highest BCUT2D eigenvalue weighted by molar-refractivity contribution is 7.83. The molecule has 0 aromatic heterocycles. The number of carbonyl (C=O) groups excluding carboxylic acids is 1. The molecule has 0 spiro atoms. The second kappa shape index (κ2) is 4.61. The van der Waals surface area contributed by atoms with E-state index in [0.717, 1.165) is 38.5 Å². The van der Waals surface area contributed by atoms with Gasteiger partial charge in [-0.25, -0.2) is 0 Å². The van der Waals surface area contributed by atoms with Crippen LogP contribution in [0, 0.1) is 23.2 Å². The van der Waals surface area contributed by atoms with Gasteiger partial charge < -0.3 is 5.11 Å². The van der Waals surface area contributed by atoms with Gasteiger partial charge in [-0.15, -0.1) is 0 Å². The number of Topliss-reactive ketones (excluding diaryl/α,β-unsaturated/α-hetero) is 1. The third-order valence-corrected chi connectivity index (χ3v) is 8.22. The molecule has 3 fully saturated rings. The van der Waals surface area contributed by atoms with Gasteiger partial charge in [0, 0.05) is 6.42 Å². The van der Waals surface area contributed by atoms with Crippen LogP contribution in [0.15, 0.2) is 11.6 Å². The van der Waals surface area contributed by atoms with Crippen molar-refractivity contribution in [3.8, 4) is 0 Å². The summed E-state index contributed by atoms with van der Waals surface area (Å²) in [6, 6.07) is 0. The molecule has 3 saturated carbocycles. The summed E-state index contributed by atoms with van der Waals surface area (Å²) >= 11 is 4.99. The van der Waals surface area contributed by atoms with Crippen LogP contribution in [0.4, 0.5) is 0 Å². The number of aliphatic hydroxyl groups excluding tert-OH is 1. The van der Waals surface area contributed by atoms with Crippen LogP contribution in [0.3, 0.4) is 0 Å². The Bertz CT molecular complexity index is 513. The summed E-state index contributed by atoms with van der Waals surface area (Å²) in [6.07, 6.45) is 10.2. The molecule has 4 rings (SSSR count). The number of thiol groups is 1. The van der Waals surface area contributed by atoms with Crippen LogP contribution < -0.4 is 0 Å². The van der Waals surface area contributed by atoms with Crippen molar-refractivity contribution in [3.63, 3.8) is 0 Å². The Labute approximate surface area is 132 Å². The van der Waals surface area contributed by atoms with Crippen molar-refractivity contribution < 1.29 is 9.90 Å². The van der Waals surface area contributed by atoms with Crippen molar-refractivity contribution in [1.29, 1.82) is 0 Å². The summed E-state index contributed by atoms with van der Waals surface area (Å²) in [4.78, 5) is 12.7. The second-order valence-corrected chi connectivity index (χ2v) is 8.72. The Morgan fingerprint density at radius 2 is 2.00 bits per heavy atom. The fourth-order valence-corrected chi connectivity index (χ4v) is 6.78. The predicted molar refractivity (Wildman–Crippen MR) is 86.3 cm³/mol. The first-order valence-corrected chi connectivity index (χ1v) is 9.06. The van der Waals surface area contributed by atoms with Gasteiger partial charge in [-0.1, -0.05) is 18.6 Å². The lowest BCUT2D eigenvalue weighted by atomic mass is 9.51. The van der Waals surface area contributed by atoms with E-state index in [4.69, 9.17) is 12.6 Å². The molecule has 0 saturated heterocycles. The smallest absolute Gasteiger partial charge is 0.153 e. The quantitative estimate of drug-likeness (QED) is 0.530. The molecule has 0 aliphatic heterocycles. The summed E-state index contributed by atoms with van der Waals surface area (Å²) in [5.74, 6) is 1.93. The van der Waals surface area contributed by atoms with Crippen molar-refractivity contribution in [3.05, 3.63) is 11.6 Å². The Kier molecular flexibility index (Phi) is 3.14. The van der Waals surface area contributed by atoms with Gasteiger partial charge in [-0.3, -0.25) is 4.79 Å². The lowest BCUT2D eigenvalue weighted by molar-refractivity contribution is -0.126. The Morgan fingerprint density at radius 1 is 1.19 bits per heavy atom. The molecule has 0 bridgehead atoms. The highest BCUT2D eigenvalue weighted by Crippen LogP contribution is 2.63. The lowest BCUT2D eigenvalue weighted by Gasteiger charge is -2.56. The highest BCUT2D eigenvalue weighted by atomic mass is 32.1. The zero-order valence-corrected chi connectivity index (χ0v) is 13.7. The number of carbonyl (C=O) groups is 1. The van der Waals surface area contributed by atoms with Gasteiger partial charge in [0.2, 0.25) is 0 Å². The summed E-state index contributed by atoms with van der Waals surface area (Å²) in [6.45, 7) is 2.28. The molecule has 0 heterocycles. The summed E-state index contributed by atoms with van der Waals surface area (Å²) in [5.41, 5.74) is 1.40. The molecule has 1 N–H and O–H groups in total. The van der Waals surface area contributed by atoms with E-state index in [-0.39, 0.29) is 11.5 Å². The predicted octanol–water partition coefficient (Wildman–Crippen LogP) is 3.54. The molecule has 0 radical (unpaired) electrons. The zero-order valence-electron chi connectivity index (χ0n) is 12.8. The summed E-state index contributed by atoms with van der Waals surface area (Å²) < 4.78 is -0.476. The van der Waals surface area contributed by atoms with Crippen molar-refractivity contribution in [2.75, 3.05) is 0 Å². The first-order chi connectivity index (χ1) is 9.98. The molecule has 4 aliphatic carbocycles. The summed E-state index contributed by atoms with van der Waals surface area (Å²) in [5, 5.41) is 10.4.